The van der Waals surface area contributed by atoms with Gasteiger partial charge in [-0.15, -0.1) is 0 Å². The maximum Gasteiger partial charge on any atom is 0.295 e. The van der Waals surface area contributed by atoms with Crippen molar-refractivity contribution in [2.75, 3.05) is 20.3 Å². The third-order valence-electron chi connectivity index (χ3n) is 5.36. The second-order valence-electron chi connectivity index (χ2n) is 7.26. The molecule has 1 amide bonds. The zero-order valence-corrected chi connectivity index (χ0v) is 16.4. The molecule has 1 aromatic carbocycles. The predicted molar refractivity (Wildman–Crippen MR) is 104 cm³/mol. The molecule has 0 bridgehead atoms. The number of aliphatic hydroxyl groups excluding tert-OH is 1. The number of benzene rings is 1. The fourth-order valence-electron chi connectivity index (χ4n) is 3.88. The highest BCUT2D eigenvalue weighted by atomic mass is 16.5. The van der Waals surface area contributed by atoms with Gasteiger partial charge in [-0.2, -0.15) is 0 Å². The molecule has 2 aliphatic heterocycles. The van der Waals surface area contributed by atoms with Crippen molar-refractivity contribution in [1.82, 2.24) is 4.90 Å². The van der Waals surface area contributed by atoms with Crippen LogP contribution in [0.2, 0.25) is 0 Å². The lowest BCUT2D eigenvalue weighted by Gasteiger charge is -2.25. The summed E-state index contributed by atoms with van der Waals surface area (Å²) in [5.74, 6) is 0.102. The van der Waals surface area contributed by atoms with Crippen LogP contribution in [-0.4, -0.2) is 48.1 Å². The Kier molecular flexibility index (Phi) is 5.15. The zero-order chi connectivity index (χ0) is 20.5. The highest BCUT2D eigenvalue weighted by molar-refractivity contribution is 6.46. The number of hydrogen-bond donors (Lipinski definition) is 1. The first kappa shape index (κ1) is 19.3. The number of hydrogen-bond acceptors (Lipinski definition) is 6. The smallest absolute Gasteiger partial charge is 0.295 e. The molecule has 0 saturated carbocycles. The van der Waals surface area contributed by atoms with E-state index in [1.165, 1.54) is 4.90 Å². The van der Waals surface area contributed by atoms with Gasteiger partial charge in [0.15, 0.2) is 0 Å². The highest BCUT2D eigenvalue weighted by Crippen LogP contribution is 2.40. The second kappa shape index (κ2) is 7.75. The average molecular weight is 397 g/mol. The molecule has 2 atom stereocenters. The van der Waals surface area contributed by atoms with Gasteiger partial charge in [0.2, 0.25) is 0 Å². The SMILES string of the molecule is COc1ccc(/C(O)=C2/C(=O)C(=O)N(CC3CCCO3)C2c2ccc(C)o2)cc1. The molecule has 0 radical (unpaired) electrons. The van der Waals surface area contributed by atoms with E-state index in [1.807, 2.05) is 0 Å². The second-order valence-corrected chi connectivity index (χ2v) is 7.26. The highest BCUT2D eigenvalue weighted by Gasteiger charge is 2.48. The number of amides is 1. The molecule has 4 rings (SSSR count). The quantitative estimate of drug-likeness (QED) is 0.473. The van der Waals surface area contributed by atoms with Gasteiger partial charge in [-0.3, -0.25) is 9.59 Å². The fourth-order valence-corrected chi connectivity index (χ4v) is 3.88. The van der Waals surface area contributed by atoms with Crippen LogP contribution in [0.15, 0.2) is 46.4 Å². The van der Waals surface area contributed by atoms with E-state index in [4.69, 9.17) is 13.9 Å². The Morgan fingerprint density at radius 2 is 1.97 bits per heavy atom. The van der Waals surface area contributed by atoms with Crippen LogP contribution in [0.5, 0.6) is 5.75 Å². The monoisotopic (exact) mass is 397 g/mol. The summed E-state index contributed by atoms with van der Waals surface area (Å²) in [6, 6.07) is 9.37. The van der Waals surface area contributed by atoms with Gasteiger partial charge in [0.1, 0.15) is 29.1 Å². The maximum atomic E-state index is 12.9. The minimum Gasteiger partial charge on any atom is -0.507 e. The normalized spacial score (nSPS) is 23.7. The molecule has 1 N–H and O–H groups in total. The molecule has 2 saturated heterocycles. The molecule has 0 spiro atoms. The van der Waals surface area contributed by atoms with E-state index < -0.39 is 17.7 Å². The van der Waals surface area contributed by atoms with Crippen LogP contribution in [0.25, 0.3) is 5.76 Å². The van der Waals surface area contributed by atoms with Crippen molar-refractivity contribution in [3.8, 4) is 5.75 Å². The summed E-state index contributed by atoms with van der Waals surface area (Å²) in [7, 11) is 1.55. The molecular weight excluding hydrogens is 374 g/mol. The van der Waals surface area contributed by atoms with E-state index in [0.29, 0.717) is 29.4 Å². The molecular formula is C22H23NO6. The van der Waals surface area contributed by atoms with Gasteiger partial charge < -0.3 is 23.9 Å². The van der Waals surface area contributed by atoms with Gasteiger partial charge >= 0.3 is 0 Å². The Hall–Kier alpha value is -3.06. The van der Waals surface area contributed by atoms with Crippen LogP contribution < -0.4 is 4.74 Å². The van der Waals surface area contributed by atoms with E-state index >= 15 is 0 Å². The molecule has 2 fully saturated rings. The van der Waals surface area contributed by atoms with E-state index in [0.717, 1.165) is 12.8 Å². The lowest BCUT2D eigenvalue weighted by atomic mass is 9.99. The summed E-state index contributed by atoms with van der Waals surface area (Å²) in [5.41, 5.74) is 0.446. The minimum atomic E-state index is -0.796. The van der Waals surface area contributed by atoms with Gasteiger partial charge in [0.05, 0.1) is 18.8 Å². The number of furan rings is 1. The Morgan fingerprint density at radius 3 is 2.55 bits per heavy atom. The van der Waals surface area contributed by atoms with Gasteiger partial charge in [0, 0.05) is 18.7 Å². The Bertz CT molecular complexity index is 952. The van der Waals surface area contributed by atoms with E-state index in [-0.39, 0.29) is 24.0 Å². The Labute approximate surface area is 168 Å². The molecule has 2 aliphatic rings. The number of aliphatic hydroxyl groups is 1. The number of carbonyl (C=O) groups is 2. The summed E-state index contributed by atoms with van der Waals surface area (Å²) in [6.45, 7) is 2.71. The van der Waals surface area contributed by atoms with Gasteiger partial charge in [-0.05, 0) is 56.2 Å². The standard InChI is InChI=1S/C22H23NO6/c1-13-5-10-17(29-13)19-18(20(24)14-6-8-15(27-2)9-7-14)21(25)22(26)23(19)12-16-4-3-11-28-16/h5-10,16,19,24H,3-4,11-12H2,1-2H3/b20-18-. The van der Waals surface area contributed by atoms with Gasteiger partial charge in [0.25, 0.3) is 11.7 Å². The molecule has 3 heterocycles. The third kappa shape index (κ3) is 3.53. The number of Topliss-reactive ketones (excluding diaryl/α,β-unsaturated/α-hetero) is 1. The minimum absolute atomic E-state index is 0.0208. The Morgan fingerprint density at radius 1 is 1.21 bits per heavy atom. The summed E-state index contributed by atoms with van der Waals surface area (Å²) >= 11 is 0. The van der Waals surface area contributed by atoms with Crippen molar-refractivity contribution in [1.29, 1.82) is 0 Å². The molecule has 7 nitrogen and oxygen atoms in total. The van der Waals surface area contributed by atoms with Crippen LogP contribution in [0.3, 0.4) is 0 Å². The number of likely N-dealkylation sites (tertiary alicyclic amines) is 1. The number of carbonyl (C=O) groups excluding carboxylic acids is 2. The lowest BCUT2D eigenvalue weighted by molar-refractivity contribution is -0.141. The molecule has 0 aliphatic carbocycles. The van der Waals surface area contributed by atoms with E-state index in [2.05, 4.69) is 0 Å². The number of rotatable bonds is 5. The third-order valence-corrected chi connectivity index (χ3v) is 5.36. The van der Waals surface area contributed by atoms with E-state index in [9.17, 15) is 14.7 Å². The fraction of sp³-hybridized carbons (Fsp3) is 0.364. The van der Waals surface area contributed by atoms with Crippen molar-refractivity contribution in [2.45, 2.75) is 31.9 Å². The topological polar surface area (TPSA) is 89.2 Å². The molecule has 2 aromatic rings. The molecule has 1 aromatic heterocycles. The first-order valence-corrected chi connectivity index (χ1v) is 9.60. The zero-order valence-electron chi connectivity index (χ0n) is 16.4. The van der Waals surface area contributed by atoms with Gasteiger partial charge in [-0.25, -0.2) is 0 Å². The number of nitrogens with zero attached hydrogens (tertiary/aromatic N) is 1. The van der Waals surface area contributed by atoms with Gasteiger partial charge in [-0.1, -0.05) is 0 Å². The Balaban J connectivity index is 1.78. The number of methoxy groups -OCH3 is 1. The van der Waals surface area contributed by atoms with Crippen LogP contribution in [0.1, 0.15) is 36.0 Å². The van der Waals surface area contributed by atoms with Crippen molar-refractivity contribution in [3.05, 3.63) is 59.1 Å². The van der Waals surface area contributed by atoms with Crippen LogP contribution in [0, 0.1) is 6.92 Å². The number of aryl methyl sites for hydroxylation is 1. The van der Waals surface area contributed by atoms with Crippen LogP contribution in [-0.2, 0) is 14.3 Å². The van der Waals surface area contributed by atoms with Crippen LogP contribution in [0.4, 0.5) is 0 Å². The molecule has 29 heavy (non-hydrogen) atoms. The summed E-state index contributed by atoms with van der Waals surface area (Å²) < 4.78 is 16.6. The van der Waals surface area contributed by atoms with Crippen molar-refractivity contribution in [3.63, 3.8) is 0 Å². The number of ether oxygens (including phenoxy) is 2. The molecule has 152 valence electrons. The van der Waals surface area contributed by atoms with E-state index in [1.54, 1.807) is 50.4 Å². The maximum absolute atomic E-state index is 12.9. The first-order chi connectivity index (χ1) is 14.0. The first-order valence-electron chi connectivity index (χ1n) is 9.60. The lowest BCUT2D eigenvalue weighted by Crippen LogP contribution is -2.36. The summed E-state index contributed by atoms with van der Waals surface area (Å²) in [4.78, 5) is 27.2. The largest absolute Gasteiger partial charge is 0.507 e. The van der Waals surface area contributed by atoms with Crippen molar-refractivity contribution < 1.29 is 28.6 Å². The molecule has 2 unspecified atom stereocenters. The predicted octanol–water partition coefficient (Wildman–Crippen LogP) is 3.20. The summed E-state index contributed by atoms with van der Waals surface area (Å²) in [5, 5.41) is 11.0. The summed E-state index contributed by atoms with van der Waals surface area (Å²) in [6.07, 6.45) is 1.61. The average Bonchev–Trinajstić information content (AvgIpc) is 3.45. The van der Waals surface area contributed by atoms with Crippen LogP contribution >= 0.6 is 0 Å². The number of ketones is 1. The molecule has 7 heteroatoms. The van der Waals surface area contributed by atoms with Crippen molar-refractivity contribution in [2.24, 2.45) is 0 Å². The van der Waals surface area contributed by atoms with Crippen molar-refractivity contribution >= 4 is 17.4 Å².